The molecule has 0 aliphatic carbocycles. The fourth-order valence-corrected chi connectivity index (χ4v) is 4.67. The molecule has 5 rings (SSSR count). The average molecular weight is 497 g/mol. The summed E-state index contributed by atoms with van der Waals surface area (Å²) in [6, 6.07) is 1.00. The summed E-state index contributed by atoms with van der Waals surface area (Å²) in [5, 5.41) is 6.07. The minimum Gasteiger partial charge on any atom is -0.381 e. The lowest BCUT2D eigenvalue weighted by atomic mass is 10.1. The van der Waals surface area contributed by atoms with Gasteiger partial charge in [-0.2, -0.15) is 18.3 Å². The molecule has 0 unspecified atom stereocenters. The van der Waals surface area contributed by atoms with Gasteiger partial charge in [0, 0.05) is 55.9 Å². The quantitative estimate of drug-likeness (QED) is 0.601. The van der Waals surface area contributed by atoms with Crippen LogP contribution < -0.4 is 0 Å². The van der Waals surface area contributed by atoms with Crippen molar-refractivity contribution in [3.63, 3.8) is 0 Å². The fourth-order valence-electron chi connectivity index (χ4n) is 4.42. The number of fused-ring (bicyclic) bond motifs is 1. The Morgan fingerprint density at radius 3 is 2.62 bits per heavy atom. The molecule has 2 saturated heterocycles. The third-order valence-corrected chi connectivity index (χ3v) is 6.54. The van der Waals surface area contributed by atoms with Gasteiger partial charge < -0.3 is 14.5 Å². The van der Waals surface area contributed by atoms with E-state index in [1.54, 1.807) is 4.90 Å². The van der Waals surface area contributed by atoms with Crippen LogP contribution in [-0.4, -0.2) is 80.1 Å². The monoisotopic (exact) mass is 496 g/mol. The number of aromatic amines is 1. The zero-order chi connectivity index (χ0) is 24.0. The maximum Gasteiger partial charge on any atom is 0.420 e. The highest BCUT2D eigenvalue weighted by molar-refractivity contribution is 6.33. The Morgan fingerprint density at radius 2 is 1.97 bits per heavy atom. The van der Waals surface area contributed by atoms with Crippen LogP contribution in [0.1, 0.15) is 28.9 Å². The van der Waals surface area contributed by atoms with Crippen molar-refractivity contribution in [2.24, 2.45) is 0 Å². The Labute approximate surface area is 196 Å². The highest BCUT2D eigenvalue weighted by Gasteiger charge is 2.38. The summed E-state index contributed by atoms with van der Waals surface area (Å²) in [5.41, 5.74) is -1.23. The minimum atomic E-state index is -4.73. The van der Waals surface area contributed by atoms with Crippen LogP contribution in [0.5, 0.6) is 0 Å². The molecule has 0 radical (unpaired) electrons. The Kier molecular flexibility index (Phi) is 5.72. The molecule has 13 heteroatoms. The summed E-state index contributed by atoms with van der Waals surface area (Å²) >= 11 is 6.37. The average Bonchev–Trinajstić information content (AvgIpc) is 3.46. The maximum absolute atomic E-state index is 13.8. The van der Waals surface area contributed by atoms with E-state index < -0.39 is 23.3 Å². The van der Waals surface area contributed by atoms with Gasteiger partial charge in [-0.25, -0.2) is 4.98 Å². The number of imidazole rings is 1. The van der Waals surface area contributed by atoms with E-state index in [-0.39, 0.29) is 41.4 Å². The largest absolute Gasteiger partial charge is 0.420 e. The van der Waals surface area contributed by atoms with Gasteiger partial charge >= 0.3 is 6.18 Å². The van der Waals surface area contributed by atoms with Gasteiger partial charge in [0.05, 0.1) is 11.8 Å². The van der Waals surface area contributed by atoms with Crippen molar-refractivity contribution < 1.29 is 27.5 Å². The van der Waals surface area contributed by atoms with Crippen LogP contribution in [-0.2, 0) is 15.7 Å². The Morgan fingerprint density at radius 1 is 1.21 bits per heavy atom. The van der Waals surface area contributed by atoms with Gasteiger partial charge in [0.25, 0.3) is 5.91 Å². The van der Waals surface area contributed by atoms with Gasteiger partial charge in [-0.3, -0.25) is 19.1 Å². The number of hydrogen-bond acceptors (Lipinski definition) is 5. The number of H-pyrrole nitrogens is 1. The molecule has 9 nitrogen and oxygen atoms in total. The number of ether oxygens (including phenoxy) is 1. The Bertz CT molecular complexity index is 1240. The molecule has 0 bridgehead atoms. The lowest BCUT2D eigenvalue weighted by Crippen LogP contribution is -2.56. The number of nitrogens with zero attached hydrogens (tertiary/aromatic N) is 5. The molecule has 180 valence electrons. The lowest BCUT2D eigenvalue weighted by Gasteiger charge is -2.40. The van der Waals surface area contributed by atoms with Crippen molar-refractivity contribution in [3.8, 4) is 11.1 Å². The minimum absolute atomic E-state index is 0.0629. The number of aromatic nitrogens is 4. The topological polar surface area (TPSA) is 95.8 Å². The Hall–Kier alpha value is -3.12. The van der Waals surface area contributed by atoms with Crippen molar-refractivity contribution in [1.82, 2.24) is 29.4 Å². The molecular formula is C21H20ClF3N6O3. The number of amides is 2. The van der Waals surface area contributed by atoms with Crippen molar-refractivity contribution in [1.29, 1.82) is 0 Å². The molecule has 1 N–H and O–H groups in total. The zero-order valence-corrected chi connectivity index (χ0v) is 18.6. The van der Waals surface area contributed by atoms with E-state index in [9.17, 15) is 22.8 Å². The van der Waals surface area contributed by atoms with E-state index in [2.05, 4.69) is 15.2 Å². The predicted molar refractivity (Wildman–Crippen MR) is 114 cm³/mol. The van der Waals surface area contributed by atoms with Crippen LogP contribution in [0.4, 0.5) is 13.2 Å². The number of carbonyl (C=O) groups is 2. The first kappa shape index (κ1) is 22.7. The highest BCUT2D eigenvalue weighted by atomic mass is 35.5. The molecule has 34 heavy (non-hydrogen) atoms. The van der Waals surface area contributed by atoms with Crippen LogP contribution >= 0.6 is 11.6 Å². The third-order valence-electron chi connectivity index (χ3n) is 6.18. The van der Waals surface area contributed by atoms with Crippen LogP contribution in [0.15, 0.2) is 24.7 Å². The van der Waals surface area contributed by atoms with E-state index in [1.165, 1.54) is 23.5 Å². The first-order chi connectivity index (χ1) is 16.2. The predicted octanol–water partition coefficient (Wildman–Crippen LogP) is 2.86. The molecule has 2 aliphatic rings. The molecule has 3 aromatic heterocycles. The van der Waals surface area contributed by atoms with Gasteiger partial charge in [-0.1, -0.05) is 11.6 Å². The van der Waals surface area contributed by atoms with E-state index in [0.29, 0.717) is 25.3 Å². The van der Waals surface area contributed by atoms with E-state index in [0.717, 1.165) is 23.3 Å². The van der Waals surface area contributed by atoms with Crippen LogP contribution in [0.25, 0.3) is 16.8 Å². The van der Waals surface area contributed by atoms with E-state index >= 15 is 0 Å². The summed E-state index contributed by atoms with van der Waals surface area (Å²) < 4.78 is 47.9. The number of halogens is 4. The van der Waals surface area contributed by atoms with Gasteiger partial charge in [-0.05, 0) is 18.9 Å². The fraction of sp³-hybridized carbons (Fsp3) is 0.429. The summed E-state index contributed by atoms with van der Waals surface area (Å²) in [6.45, 7) is 1.54. The molecule has 3 aromatic rings. The lowest BCUT2D eigenvalue weighted by molar-refractivity contribution is -0.139. The number of nitrogens with one attached hydrogen (secondary N) is 1. The number of rotatable bonds is 3. The summed E-state index contributed by atoms with van der Waals surface area (Å²) in [6.07, 6.45) is 0.926. The van der Waals surface area contributed by atoms with Crippen LogP contribution in [0, 0.1) is 0 Å². The number of carbonyl (C=O) groups excluding carboxylic acids is 2. The molecule has 0 saturated carbocycles. The normalized spacial score (nSPS) is 18.2. The number of piperazine rings is 1. The number of alkyl halides is 3. The van der Waals surface area contributed by atoms with Crippen molar-refractivity contribution in [3.05, 3.63) is 41.1 Å². The van der Waals surface area contributed by atoms with Gasteiger partial charge in [0.15, 0.2) is 11.3 Å². The van der Waals surface area contributed by atoms with E-state index in [4.69, 9.17) is 16.3 Å². The molecule has 0 spiro atoms. The van der Waals surface area contributed by atoms with Crippen molar-refractivity contribution in [2.75, 3.05) is 32.8 Å². The summed E-state index contributed by atoms with van der Waals surface area (Å²) in [5.74, 6) is -0.906. The standard InChI is InChI=1S/C21H20ClF3N6O3/c22-18-17(20(33)29-3-4-30(16(32)11-29)14-1-5-34-6-2-14)28-19-15(21(23,24)25)7-12(10-31(18)19)13-8-26-27-9-13/h7-10,14H,1-6,11H2,(H,26,27). The zero-order valence-electron chi connectivity index (χ0n) is 17.8. The van der Waals surface area contributed by atoms with Crippen LogP contribution in [0.3, 0.4) is 0 Å². The van der Waals surface area contributed by atoms with Crippen molar-refractivity contribution in [2.45, 2.75) is 25.1 Å². The first-order valence-electron chi connectivity index (χ1n) is 10.7. The Balaban J connectivity index is 1.46. The smallest absolute Gasteiger partial charge is 0.381 e. The third kappa shape index (κ3) is 4.00. The number of hydrogen-bond donors (Lipinski definition) is 1. The van der Waals surface area contributed by atoms with Crippen LogP contribution in [0.2, 0.25) is 5.15 Å². The molecular weight excluding hydrogens is 477 g/mol. The highest BCUT2D eigenvalue weighted by Crippen LogP contribution is 2.37. The second kappa shape index (κ2) is 8.58. The summed E-state index contributed by atoms with van der Waals surface area (Å²) in [4.78, 5) is 32.9. The van der Waals surface area contributed by atoms with E-state index in [1.807, 2.05) is 0 Å². The molecule has 5 heterocycles. The number of pyridine rings is 1. The molecule has 2 amide bonds. The van der Waals surface area contributed by atoms with Gasteiger partial charge in [0.1, 0.15) is 11.7 Å². The van der Waals surface area contributed by atoms with Gasteiger partial charge in [-0.15, -0.1) is 0 Å². The molecule has 0 aromatic carbocycles. The van der Waals surface area contributed by atoms with Crippen molar-refractivity contribution >= 4 is 29.1 Å². The van der Waals surface area contributed by atoms with Gasteiger partial charge in [0.2, 0.25) is 5.91 Å². The second-order valence-corrected chi connectivity index (χ2v) is 8.59. The summed E-state index contributed by atoms with van der Waals surface area (Å²) in [7, 11) is 0. The molecule has 2 fully saturated rings. The SMILES string of the molecule is O=C(c1nc2c(C(F)(F)F)cc(-c3cn[nH]c3)cn2c1Cl)N1CCN(C2CCOCC2)C(=O)C1. The second-order valence-electron chi connectivity index (χ2n) is 8.23. The first-order valence-corrected chi connectivity index (χ1v) is 11.1. The molecule has 0 atom stereocenters. The molecule has 2 aliphatic heterocycles. The maximum atomic E-state index is 13.8.